The van der Waals surface area contributed by atoms with Gasteiger partial charge in [0.25, 0.3) is 0 Å². The highest BCUT2D eigenvalue weighted by Crippen LogP contribution is 2.23. The number of benzene rings is 1. The van der Waals surface area contributed by atoms with E-state index in [1.165, 1.54) is 18.5 Å². The molecular weight excluding hydrogens is 220 g/mol. The van der Waals surface area contributed by atoms with Crippen molar-refractivity contribution in [3.63, 3.8) is 0 Å². The molecule has 0 aliphatic carbocycles. The summed E-state index contributed by atoms with van der Waals surface area (Å²) in [6.07, 6.45) is 1.24. The molecule has 1 heterocycles. The van der Waals surface area contributed by atoms with Gasteiger partial charge in [-0.05, 0) is 24.4 Å². The number of nitrogens with one attached hydrogen (secondary N) is 1. The Bertz CT molecular complexity index is 347. The molecule has 0 saturated carbocycles. The van der Waals surface area contributed by atoms with E-state index in [1.54, 1.807) is 0 Å². The summed E-state index contributed by atoms with van der Waals surface area (Å²) in [4.78, 5) is 2.67. The van der Waals surface area contributed by atoms with E-state index in [1.807, 2.05) is 0 Å². The first-order valence-electron chi connectivity index (χ1n) is 7.24. The minimum atomic E-state index is 0.493. The topological polar surface area (TPSA) is 15.3 Å². The highest BCUT2D eigenvalue weighted by atomic mass is 15.2. The fourth-order valence-corrected chi connectivity index (χ4v) is 2.94. The summed E-state index contributed by atoms with van der Waals surface area (Å²) in [5, 5.41) is 3.71. The molecule has 1 aromatic carbocycles. The SMILES string of the molecule is CCCN1CC(c2ccccc2)NCC1C(C)C. The van der Waals surface area contributed by atoms with Crippen molar-refractivity contribution in [3.8, 4) is 0 Å². The Kier molecular flexibility index (Phi) is 4.79. The molecule has 1 N–H and O–H groups in total. The second-order valence-corrected chi connectivity index (χ2v) is 5.68. The van der Waals surface area contributed by atoms with Crippen LogP contribution in [0.2, 0.25) is 0 Å². The first-order chi connectivity index (χ1) is 8.72. The quantitative estimate of drug-likeness (QED) is 0.878. The van der Waals surface area contributed by atoms with E-state index in [4.69, 9.17) is 0 Å². The Hall–Kier alpha value is -0.860. The summed E-state index contributed by atoms with van der Waals surface area (Å²) in [6.45, 7) is 10.4. The number of rotatable bonds is 4. The van der Waals surface area contributed by atoms with Gasteiger partial charge in [-0.3, -0.25) is 4.90 Å². The molecule has 2 rings (SSSR count). The van der Waals surface area contributed by atoms with Gasteiger partial charge in [-0.2, -0.15) is 0 Å². The molecule has 0 aromatic heterocycles. The van der Waals surface area contributed by atoms with Crippen molar-refractivity contribution in [1.82, 2.24) is 10.2 Å². The molecule has 100 valence electrons. The van der Waals surface area contributed by atoms with Crippen molar-refractivity contribution >= 4 is 0 Å². The summed E-state index contributed by atoms with van der Waals surface area (Å²) in [5.74, 6) is 0.723. The monoisotopic (exact) mass is 246 g/mol. The molecule has 1 aliphatic rings. The Morgan fingerprint density at radius 1 is 1.28 bits per heavy atom. The molecule has 1 aliphatic heterocycles. The lowest BCUT2D eigenvalue weighted by Crippen LogP contribution is -2.54. The lowest BCUT2D eigenvalue weighted by Gasteiger charge is -2.42. The molecule has 18 heavy (non-hydrogen) atoms. The van der Waals surface area contributed by atoms with E-state index >= 15 is 0 Å². The molecule has 1 aromatic rings. The number of hydrogen-bond acceptors (Lipinski definition) is 2. The summed E-state index contributed by atoms with van der Waals surface area (Å²) < 4.78 is 0. The lowest BCUT2D eigenvalue weighted by molar-refractivity contribution is 0.0985. The van der Waals surface area contributed by atoms with E-state index < -0.39 is 0 Å². The molecule has 2 nitrogen and oxygen atoms in total. The molecule has 1 fully saturated rings. The zero-order valence-electron chi connectivity index (χ0n) is 11.9. The summed E-state index contributed by atoms with van der Waals surface area (Å²) in [7, 11) is 0. The highest BCUT2D eigenvalue weighted by molar-refractivity contribution is 5.20. The summed E-state index contributed by atoms with van der Waals surface area (Å²) in [5.41, 5.74) is 1.42. The first kappa shape index (κ1) is 13.6. The molecule has 1 saturated heterocycles. The van der Waals surface area contributed by atoms with Gasteiger partial charge in [-0.1, -0.05) is 51.1 Å². The minimum absolute atomic E-state index is 0.493. The third kappa shape index (κ3) is 3.12. The summed E-state index contributed by atoms with van der Waals surface area (Å²) >= 11 is 0. The van der Waals surface area contributed by atoms with Crippen LogP contribution in [0.5, 0.6) is 0 Å². The molecule has 0 amide bonds. The van der Waals surface area contributed by atoms with Gasteiger partial charge < -0.3 is 5.32 Å². The first-order valence-corrected chi connectivity index (χ1v) is 7.24. The van der Waals surface area contributed by atoms with Crippen LogP contribution in [0.3, 0.4) is 0 Å². The Labute approximate surface area is 111 Å². The van der Waals surface area contributed by atoms with Gasteiger partial charge in [0, 0.05) is 25.2 Å². The third-order valence-electron chi connectivity index (χ3n) is 3.94. The van der Waals surface area contributed by atoms with Gasteiger partial charge >= 0.3 is 0 Å². The normalized spacial score (nSPS) is 25.6. The van der Waals surface area contributed by atoms with E-state index in [2.05, 4.69) is 61.3 Å². The van der Waals surface area contributed by atoms with Gasteiger partial charge in [0.15, 0.2) is 0 Å². The Morgan fingerprint density at radius 2 is 2.00 bits per heavy atom. The van der Waals surface area contributed by atoms with Gasteiger partial charge in [0.1, 0.15) is 0 Å². The van der Waals surface area contributed by atoms with Crippen molar-refractivity contribution in [3.05, 3.63) is 35.9 Å². The predicted octanol–water partition coefficient (Wildman–Crippen LogP) is 3.07. The predicted molar refractivity (Wildman–Crippen MR) is 77.7 cm³/mol. The zero-order valence-corrected chi connectivity index (χ0v) is 11.9. The Balaban J connectivity index is 2.06. The van der Waals surface area contributed by atoms with Crippen LogP contribution >= 0.6 is 0 Å². The molecule has 0 radical (unpaired) electrons. The number of nitrogens with zero attached hydrogens (tertiary/aromatic N) is 1. The van der Waals surface area contributed by atoms with Crippen LogP contribution in [-0.2, 0) is 0 Å². The lowest BCUT2D eigenvalue weighted by atomic mass is 9.95. The van der Waals surface area contributed by atoms with Crippen LogP contribution in [-0.4, -0.2) is 30.6 Å². The van der Waals surface area contributed by atoms with E-state index in [-0.39, 0.29) is 0 Å². The van der Waals surface area contributed by atoms with Crippen molar-refractivity contribution in [1.29, 1.82) is 0 Å². The van der Waals surface area contributed by atoms with Crippen molar-refractivity contribution < 1.29 is 0 Å². The molecule has 2 atom stereocenters. The van der Waals surface area contributed by atoms with Gasteiger partial charge in [0.05, 0.1) is 0 Å². The standard InChI is InChI=1S/C16H26N2/c1-4-10-18-12-15(14-8-6-5-7-9-14)17-11-16(18)13(2)3/h5-9,13,15-17H,4,10-12H2,1-3H3. The molecule has 2 unspecified atom stereocenters. The van der Waals surface area contributed by atoms with Crippen LogP contribution < -0.4 is 5.32 Å². The molecule has 2 heteroatoms. The van der Waals surface area contributed by atoms with Crippen molar-refractivity contribution in [2.45, 2.75) is 39.3 Å². The third-order valence-corrected chi connectivity index (χ3v) is 3.94. The fourth-order valence-electron chi connectivity index (χ4n) is 2.94. The molecular formula is C16H26N2. The molecule has 0 bridgehead atoms. The maximum atomic E-state index is 3.71. The van der Waals surface area contributed by atoms with Crippen LogP contribution in [0.15, 0.2) is 30.3 Å². The maximum absolute atomic E-state index is 3.71. The smallest absolute Gasteiger partial charge is 0.0449 e. The van der Waals surface area contributed by atoms with Gasteiger partial charge in [-0.25, -0.2) is 0 Å². The van der Waals surface area contributed by atoms with E-state index in [9.17, 15) is 0 Å². The van der Waals surface area contributed by atoms with Gasteiger partial charge in [-0.15, -0.1) is 0 Å². The van der Waals surface area contributed by atoms with Crippen LogP contribution in [0.25, 0.3) is 0 Å². The fraction of sp³-hybridized carbons (Fsp3) is 0.625. The zero-order chi connectivity index (χ0) is 13.0. The van der Waals surface area contributed by atoms with Crippen molar-refractivity contribution in [2.75, 3.05) is 19.6 Å². The second kappa shape index (κ2) is 6.35. The number of piperazine rings is 1. The molecule has 0 spiro atoms. The van der Waals surface area contributed by atoms with Crippen LogP contribution in [0, 0.1) is 5.92 Å². The van der Waals surface area contributed by atoms with Crippen molar-refractivity contribution in [2.24, 2.45) is 5.92 Å². The largest absolute Gasteiger partial charge is 0.307 e. The van der Waals surface area contributed by atoms with Crippen LogP contribution in [0.4, 0.5) is 0 Å². The Morgan fingerprint density at radius 3 is 2.61 bits per heavy atom. The van der Waals surface area contributed by atoms with Gasteiger partial charge in [0.2, 0.25) is 0 Å². The van der Waals surface area contributed by atoms with E-state index in [0.29, 0.717) is 12.1 Å². The highest BCUT2D eigenvalue weighted by Gasteiger charge is 2.29. The second-order valence-electron chi connectivity index (χ2n) is 5.68. The minimum Gasteiger partial charge on any atom is -0.307 e. The summed E-state index contributed by atoms with van der Waals surface area (Å²) in [6, 6.07) is 12.0. The number of hydrogen-bond donors (Lipinski definition) is 1. The average molecular weight is 246 g/mol. The van der Waals surface area contributed by atoms with E-state index in [0.717, 1.165) is 19.0 Å². The average Bonchev–Trinajstić information content (AvgIpc) is 2.40. The maximum Gasteiger partial charge on any atom is 0.0449 e. The van der Waals surface area contributed by atoms with Crippen LogP contribution in [0.1, 0.15) is 38.8 Å².